The molecule has 0 saturated heterocycles. The third kappa shape index (κ3) is 6.26. The lowest BCUT2D eigenvalue weighted by Crippen LogP contribution is -2.32. The SMILES string of the molecule is CCc1ccc(NC(=O)C(=O)N/N=C/c2ccc(OC(=O)c3ccccc3Cl)cc2)cc1. The molecule has 8 heteroatoms. The number of nitrogens with zero attached hydrogens (tertiary/aromatic N) is 1. The minimum absolute atomic E-state index is 0.266. The van der Waals surface area contributed by atoms with Crippen LogP contribution in [0.15, 0.2) is 77.9 Å². The van der Waals surface area contributed by atoms with Crippen LogP contribution in [0.3, 0.4) is 0 Å². The van der Waals surface area contributed by atoms with Crippen molar-refractivity contribution >= 4 is 41.3 Å². The molecule has 2 amide bonds. The Bertz CT molecular complexity index is 1140. The molecule has 0 heterocycles. The molecule has 3 rings (SSSR count). The molecule has 7 nitrogen and oxygen atoms in total. The zero-order chi connectivity index (χ0) is 22.9. The summed E-state index contributed by atoms with van der Waals surface area (Å²) in [7, 11) is 0. The highest BCUT2D eigenvalue weighted by Crippen LogP contribution is 2.19. The number of halogens is 1. The van der Waals surface area contributed by atoms with Gasteiger partial charge in [0.05, 0.1) is 16.8 Å². The normalized spacial score (nSPS) is 10.6. The Hall–Kier alpha value is -3.97. The highest BCUT2D eigenvalue weighted by Gasteiger charge is 2.13. The van der Waals surface area contributed by atoms with Gasteiger partial charge in [0.15, 0.2) is 0 Å². The number of carbonyl (C=O) groups excluding carboxylic acids is 3. The first-order valence-corrected chi connectivity index (χ1v) is 10.1. The average Bonchev–Trinajstić information content (AvgIpc) is 2.80. The predicted molar refractivity (Wildman–Crippen MR) is 123 cm³/mol. The van der Waals surface area contributed by atoms with Crippen LogP contribution >= 0.6 is 11.6 Å². The summed E-state index contributed by atoms with van der Waals surface area (Å²) in [4.78, 5) is 36.0. The highest BCUT2D eigenvalue weighted by molar-refractivity contribution is 6.39. The summed E-state index contributed by atoms with van der Waals surface area (Å²) in [5.74, 6) is -1.97. The number of hydrogen-bond donors (Lipinski definition) is 2. The highest BCUT2D eigenvalue weighted by atomic mass is 35.5. The van der Waals surface area contributed by atoms with Crippen molar-refractivity contribution in [3.05, 3.63) is 94.5 Å². The van der Waals surface area contributed by atoms with Crippen molar-refractivity contribution < 1.29 is 19.1 Å². The lowest BCUT2D eigenvalue weighted by atomic mass is 10.1. The topological polar surface area (TPSA) is 96.9 Å². The molecule has 32 heavy (non-hydrogen) atoms. The molecule has 0 atom stereocenters. The standard InChI is InChI=1S/C24H20ClN3O4/c1-2-16-7-11-18(12-8-16)27-22(29)23(30)28-26-15-17-9-13-19(14-10-17)32-24(31)20-5-3-4-6-21(20)25/h3-15H,2H2,1H3,(H,27,29)(H,28,30)/b26-15+. The number of rotatable bonds is 6. The second kappa shape index (κ2) is 10.9. The van der Waals surface area contributed by atoms with Gasteiger partial charge in [0.2, 0.25) is 0 Å². The Labute approximate surface area is 190 Å². The zero-order valence-corrected chi connectivity index (χ0v) is 17.9. The Kier molecular flexibility index (Phi) is 7.72. The van der Waals surface area contributed by atoms with Crippen molar-refractivity contribution in [2.75, 3.05) is 5.32 Å². The molecule has 0 spiro atoms. The Balaban J connectivity index is 1.50. The van der Waals surface area contributed by atoms with Gasteiger partial charge in [-0.25, -0.2) is 10.2 Å². The number of aryl methyl sites for hydroxylation is 1. The second-order valence-electron chi connectivity index (χ2n) is 6.64. The average molecular weight is 450 g/mol. The third-order valence-corrected chi connectivity index (χ3v) is 4.72. The van der Waals surface area contributed by atoms with E-state index in [2.05, 4.69) is 15.8 Å². The molecule has 0 radical (unpaired) electrons. The number of esters is 1. The predicted octanol–water partition coefficient (Wildman–Crippen LogP) is 4.21. The van der Waals surface area contributed by atoms with Crippen LogP contribution in [-0.2, 0) is 16.0 Å². The van der Waals surface area contributed by atoms with E-state index in [1.807, 2.05) is 19.1 Å². The number of benzene rings is 3. The molecule has 0 bridgehead atoms. The Morgan fingerprint density at radius 2 is 1.62 bits per heavy atom. The number of hydrogen-bond acceptors (Lipinski definition) is 5. The number of ether oxygens (including phenoxy) is 1. The van der Waals surface area contributed by atoms with Gasteiger partial charge in [0.1, 0.15) is 5.75 Å². The van der Waals surface area contributed by atoms with E-state index in [4.69, 9.17) is 16.3 Å². The van der Waals surface area contributed by atoms with Gasteiger partial charge in [0, 0.05) is 5.69 Å². The van der Waals surface area contributed by atoms with Crippen LogP contribution in [0.4, 0.5) is 5.69 Å². The van der Waals surface area contributed by atoms with E-state index in [1.165, 1.54) is 6.21 Å². The quantitative estimate of drug-likeness (QED) is 0.194. The van der Waals surface area contributed by atoms with Crippen LogP contribution in [0.5, 0.6) is 5.75 Å². The molecular weight excluding hydrogens is 430 g/mol. The van der Waals surface area contributed by atoms with Crippen LogP contribution in [0, 0.1) is 0 Å². The summed E-state index contributed by atoms with van der Waals surface area (Å²) in [5, 5.41) is 6.58. The van der Waals surface area contributed by atoms with E-state index in [1.54, 1.807) is 60.7 Å². The molecule has 0 saturated carbocycles. The summed E-state index contributed by atoms with van der Waals surface area (Å²) < 4.78 is 5.29. The minimum Gasteiger partial charge on any atom is -0.423 e. The van der Waals surface area contributed by atoms with Crippen molar-refractivity contribution in [2.24, 2.45) is 5.10 Å². The van der Waals surface area contributed by atoms with Crippen molar-refractivity contribution in [1.29, 1.82) is 0 Å². The first kappa shape index (κ1) is 22.7. The van der Waals surface area contributed by atoms with Crippen molar-refractivity contribution in [1.82, 2.24) is 5.43 Å². The lowest BCUT2D eigenvalue weighted by Gasteiger charge is -2.06. The van der Waals surface area contributed by atoms with Crippen LogP contribution in [0.1, 0.15) is 28.4 Å². The maximum atomic E-state index is 12.2. The third-order valence-electron chi connectivity index (χ3n) is 4.39. The van der Waals surface area contributed by atoms with E-state index >= 15 is 0 Å². The van der Waals surface area contributed by atoms with Crippen molar-refractivity contribution in [3.8, 4) is 5.75 Å². The molecule has 0 unspecified atom stereocenters. The van der Waals surface area contributed by atoms with Crippen molar-refractivity contribution in [2.45, 2.75) is 13.3 Å². The fraction of sp³-hybridized carbons (Fsp3) is 0.0833. The first-order valence-electron chi connectivity index (χ1n) is 9.76. The molecule has 162 valence electrons. The minimum atomic E-state index is -0.897. The number of carbonyl (C=O) groups is 3. The van der Waals surface area contributed by atoms with E-state index in [9.17, 15) is 14.4 Å². The number of nitrogens with one attached hydrogen (secondary N) is 2. The van der Waals surface area contributed by atoms with Crippen molar-refractivity contribution in [3.63, 3.8) is 0 Å². The van der Waals surface area contributed by atoms with E-state index in [0.29, 0.717) is 22.0 Å². The van der Waals surface area contributed by atoms with E-state index in [-0.39, 0.29) is 5.56 Å². The monoisotopic (exact) mass is 449 g/mol. The maximum Gasteiger partial charge on any atom is 0.345 e. The smallest absolute Gasteiger partial charge is 0.345 e. The fourth-order valence-corrected chi connectivity index (χ4v) is 2.85. The summed E-state index contributed by atoms with van der Waals surface area (Å²) in [6, 6.07) is 20.2. The molecule has 0 aliphatic rings. The largest absolute Gasteiger partial charge is 0.423 e. The summed E-state index contributed by atoms with van der Waals surface area (Å²) in [5.41, 5.74) is 4.70. The van der Waals surface area contributed by atoms with Gasteiger partial charge in [0.25, 0.3) is 0 Å². The van der Waals surface area contributed by atoms with Gasteiger partial charge >= 0.3 is 17.8 Å². The number of hydrazone groups is 1. The molecule has 3 aromatic carbocycles. The van der Waals surface area contributed by atoms with Crippen LogP contribution in [0.2, 0.25) is 5.02 Å². The zero-order valence-electron chi connectivity index (χ0n) is 17.2. The molecule has 0 aliphatic heterocycles. The van der Waals surface area contributed by atoms with Crippen LogP contribution in [-0.4, -0.2) is 24.0 Å². The Morgan fingerprint density at radius 1 is 0.938 bits per heavy atom. The fourth-order valence-electron chi connectivity index (χ4n) is 2.64. The van der Waals surface area contributed by atoms with Crippen LogP contribution in [0.25, 0.3) is 0 Å². The Morgan fingerprint density at radius 3 is 2.28 bits per heavy atom. The van der Waals surface area contributed by atoms with Gasteiger partial charge in [-0.2, -0.15) is 5.10 Å². The van der Waals surface area contributed by atoms with E-state index in [0.717, 1.165) is 12.0 Å². The van der Waals surface area contributed by atoms with Gasteiger partial charge in [-0.3, -0.25) is 9.59 Å². The maximum absolute atomic E-state index is 12.2. The molecular formula is C24H20ClN3O4. The van der Waals surface area contributed by atoms with Gasteiger partial charge < -0.3 is 10.1 Å². The molecule has 0 fully saturated rings. The second-order valence-corrected chi connectivity index (χ2v) is 7.05. The summed E-state index contributed by atoms with van der Waals surface area (Å²) in [6.45, 7) is 2.03. The summed E-state index contributed by atoms with van der Waals surface area (Å²) in [6.07, 6.45) is 2.25. The van der Waals surface area contributed by atoms with Gasteiger partial charge in [-0.05, 0) is 66.1 Å². The van der Waals surface area contributed by atoms with E-state index < -0.39 is 17.8 Å². The summed E-state index contributed by atoms with van der Waals surface area (Å²) >= 11 is 5.99. The first-order chi connectivity index (χ1) is 15.5. The molecule has 0 aliphatic carbocycles. The lowest BCUT2D eigenvalue weighted by molar-refractivity contribution is -0.136. The van der Waals surface area contributed by atoms with Gasteiger partial charge in [-0.1, -0.05) is 42.8 Å². The molecule has 3 aromatic rings. The number of anilines is 1. The molecule has 0 aromatic heterocycles. The van der Waals surface area contributed by atoms with Gasteiger partial charge in [-0.15, -0.1) is 0 Å². The molecule has 2 N–H and O–H groups in total. The van der Waals surface area contributed by atoms with Crippen LogP contribution < -0.4 is 15.5 Å². The number of amides is 2.